The Bertz CT molecular complexity index is 457. The zero-order chi connectivity index (χ0) is 15.0. The number of methoxy groups -OCH3 is 1. The molecule has 0 aliphatic heterocycles. The van der Waals surface area contributed by atoms with Crippen LogP contribution in [0, 0.1) is 11.2 Å². The van der Waals surface area contributed by atoms with Crippen molar-refractivity contribution in [2.24, 2.45) is 5.73 Å². The van der Waals surface area contributed by atoms with Crippen LogP contribution in [0.1, 0.15) is 12.0 Å². The van der Waals surface area contributed by atoms with Crippen molar-refractivity contribution in [3.63, 3.8) is 0 Å². The molecule has 0 amide bonds. The third-order valence-corrected chi connectivity index (χ3v) is 3.23. The lowest BCUT2D eigenvalue weighted by Gasteiger charge is -2.10. The molecule has 0 fully saturated rings. The Morgan fingerprint density at radius 2 is 2.05 bits per heavy atom. The summed E-state index contributed by atoms with van der Waals surface area (Å²) in [6, 6.07) is 3.00. The molecule has 0 saturated carbocycles. The summed E-state index contributed by atoms with van der Waals surface area (Å²) in [6.07, 6.45) is 0.648. The van der Waals surface area contributed by atoms with Crippen LogP contribution in [0.25, 0.3) is 0 Å². The molecule has 0 spiro atoms. The van der Waals surface area contributed by atoms with E-state index in [0.29, 0.717) is 38.4 Å². The van der Waals surface area contributed by atoms with Gasteiger partial charge in [0, 0.05) is 25.7 Å². The van der Waals surface area contributed by atoms with Crippen molar-refractivity contribution in [3.05, 3.63) is 28.0 Å². The number of hydrogen-bond acceptors (Lipinski definition) is 4. The first-order valence-electron chi connectivity index (χ1n) is 6.09. The monoisotopic (exact) mass is 348 g/mol. The molecule has 0 saturated heterocycles. The summed E-state index contributed by atoms with van der Waals surface area (Å²) in [6.45, 7) is 1.95. The van der Waals surface area contributed by atoms with Gasteiger partial charge in [-0.05, 0) is 28.1 Å². The lowest BCUT2D eigenvalue weighted by Crippen LogP contribution is -2.13. The Labute approximate surface area is 125 Å². The highest BCUT2D eigenvalue weighted by atomic mass is 79.9. The van der Waals surface area contributed by atoms with Gasteiger partial charge in [0.1, 0.15) is 5.84 Å². The highest BCUT2D eigenvalue weighted by molar-refractivity contribution is 9.10. The van der Waals surface area contributed by atoms with Crippen molar-refractivity contribution in [1.82, 2.24) is 0 Å². The Morgan fingerprint density at radius 3 is 2.70 bits per heavy atom. The molecule has 0 aliphatic rings. The van der Waals surface area contributed by atoms with Gasteiger partial charge >= 0.3 is 0 Å². The summed E-state index contributed by atoms with van der Waals surface area (Å²) in [4.78, 5) is 0. The molecule has 0 aromatic heterocycles. The standard InChI is InChI=1S/C13H18BrFN2O3/c1-18-7-8-19-5-2-6-20-10-4-3-9(13(16)17)11(14)12(10)15/h3-4H,2,5-8H2,1H3,(H3,16,17). The molecule has 0 atom stereocenters. The van der Waals surface area contributed by atoms with Crippen LogP contribution in [0.2, 0.25) is 0 Å². The van der Waals surface area contributed by atoms with Crippen LogP contribution in [0.5, 0.6) is 5.75 Å². The zero-order valence-electron chi connectivity index (χ0n) is 11.2. The minimum atomic E-state index is -0.557. The maximum absolute atomic E-state index is 13.9. The minimum absolute atomic E-state index is 0.124. The number of amidine groups is 1. The first-order chi connectivity index (χ1) is 9.57. The van der Waals surface area contributed by atoms with Gasteiger partial charge in [0.2, 0.25) is 0 Å². The Hall–Kier alpha value is -1.18. The summed E-state index contributed by atoms with van der Waals surface area (Å²) in [5.74, 6) is -0.634. The number of rotatable bonds is 9. The van der Waals surface area contributed by atoms with Gasteiger partial charge in [-0.2, -0.15) is 0 Å². The summed E-state index contributed by atoms with van der Waals surface area (Å²) < 4.78 is 29.5. The van der Waals surface area contributed by atoms with Gasteiger partial charge < -0.3 is 19.9 Å². The van der Waals surface area contributed by atoms with Crippen molar-refractivity contribution in [3.8, 4) is 5.75 Å². The van der Waals surface area contributed by atoms with E-state index in [4.69, 9.17) is 25.4 Å². The molecule has 3 N–H and O–H groups in total. The Kier molecular flexibility index (Phi) is 7.50. The van der Waals surface area contributed by atoms with Crippen molar-refractivity contribution in [2.45, 2.75) is 6.42 Å². The second-order valence-electron chi connectivity index (χ2n) is 3.96. The van der Waals surface area contributed by atoms with Crippen molar-refractivity contribution in [1.29, 1.82) is 5.41 Å². The molecule has 7 heteroatoms. The molecular weight excluding hydrogens is 331 g/mol. The second-order valence-corrected chi connectivity index (χ2v) is 4.75. The van der Waals surface area contributed by atoms with Crippen LogP contribution in [-0.4, -0.2) is 39.4 Å². The summed E-state index contributed by atoms with van der Waals surface area (Å²) in [5, 5.41) is 7.31. The van der Waals surface area contributed by atoms with Crippen LogP contribution in [0.15, 0.2) is 16.6 Å². The predicted molar refractivity (Wildman–Crippen MR) is 77.9 cm³/mol. The minimum Gasteiger partial charge on any atom is -0.490 e. The number of nitrogens with one attached hydrogen (secondary N) is 1. The Balaban J connectivity index is 2.41. The fraction of sp³-hybridized carbons (Fsp3) is 0.462. The van der Waals surface area contributed by atoms with Gasteiger partial charge in [-0.15, -0.1) is 0 Å². The molecule has 5 nitrogen and oxygen atoms in total. The van der Waals surface area contributed by atoms with E-state index >= 15 is 0 Å². The number of nitrogens with two attached hydrogens (primary N) is 1. The van der Waals surface area contributed by atoms with Crippen LogP contribution in [0.4, 0.5) is 4.39 Å². The number of ether oxygens (including phenoxy) is 3. The zero-order valence-corrected chi connectivity index (χ0v) is 12.8. The van der Waals surface area contributed by atoms with Gasteiger partial charge in [-0.3, -0.25) is 5.41 Å². The highest BCUT2D eigenvalue weighted by Crippen LogP contribution is 2.28. The van der Waals surface area contributed by atoms with E-state index in [2.05, 4.69) is 15.9 Å². The largest absolute Gasteiger partial charge is 0.490 e. The molecule has 1 rings (SSSR count). The second kappa shape index (κ2) is 8.89. The van der Waals surface area contributed by atoms with Crippen molar-refractivity contribution >= 4 is 21.8 Å². The SMILES string of the molecule is COCCOCCCOc1ccc(C(=N)N)c(Br)c1F. The van der Waals surface area contributed by atoms with Crippen molar-refractivity contribution in [2.75, 3.05) is 33.5 Å². The third-order valence-electron chi connectivity index (χ3n) is 2.46. The number of benzene rings is 1. The molecule has 1 aromatic carbocycles. The molecular formula is C13H18BrFN2O3. The van der Waals surface area contributed by atoms with E-state index in [1.165, 1.54) is 6.07 Å². The normalized spacial score (nSPS) is 10.6. The number of halogens is 2. The highest BCUT2D eigenvalue weighted by Gasteiger charge is 2.13. The molecule has 0 bridgehead atoms. The van der Waals surface area contributed by atoms with E-state index in [1.54, 1.807) is 13.2 Å². The predicted octanol–water partition coefficient (Wildman–Crippen LogP) is 2.30. The molecule has 112 valence electrons. The summed E-state index contributed by atoms with van der Waals surface area (Å²) in [7, 11) is 1.61. The first kappa shape index (κ1) is 16.9. The van der Waals surface area contributed by atoms with E-state index in [9.17, 15) is 4.39 Å². The van der Waals surface area contributed by atoms with Gasteiger partial charge in [-0.1, -0.05) is 0 Å². The average molecular weight is 349 g/mol. The van der Waals surface area contributed by atoms with E-state index in [1.807, 2.05) is 0 Å². The van der Waals surface area contributed by atoms with Gasteiger partial charge in [-0.25, -0.2) is 4.39 Å². The van der Waals surface area contributed by atoms with Gasteiger partial charge in [0.15, 0.2) is 11.6 Å². The molecule has 1 aromatic rings. The number of hydrogen-bond donors (Lipinski definition) is 2. The van der Waals surface area contributed by atoms with Gasteiger partial charge in [0.05, 0.1) is 24.3 Å². The third kappa shape index (κ3) is 5.07. The van der Waals surface area contributed by atoms with E-state index in [-0.39, 0.29) is 16.1 Å². The maximum atomic E-state index is 13.9. The summed E-state index contributed by atoms with van der Waals surface area (Å²) >= 11 is 3.07. The molecule has 20 heavy (non-hydrogen) atoms. The van der Waals surface area contributed by atoms with E-state index < -0.39 is 5.82 Å². The fourth-order valence-electron chi connectivity index (χ4n) is 1.44. The van der Waals surface area contributed by atoms with Crippen molar-refractivity contribution < 1.29 is 18.6 Å². The quantitative estimate of drug-likeness (QED) is 0.407. The van der Waals surface area contributed by atoms with Crippen LogP contribution in [0.3, 0.4) is 0 Å². The maximum Gasteiger partial charge on any atom is 0.179 e. The van der Waals surface area contributed by atoms with Gasteiger partial charge in [0.25, 0.3) is 0 Å². The molecule has 0 aliphatic carbocycles. The lowest BCUT2D eigenvalue weighted by molar-refractivity contribution is 0.0642. The molecule has 0 unspecified atom stereocenters. The Morgan fingerprint density at radius 1 is 1.30 bits per heavy atom. The van der Waals surface area contributed by atoms with Crippen LogP contribution < -0.4 is 10.5 Å². The smallest absolute Gasteiger partial charge is 0.179 e. The summed E-state index contributed by atoms with van der Waals surface area (Å²) in [5.41, 5.74) is 5.64. The average Bonchev–Trinajstić information content (AvgIpc) is 2.42. The van der Waals surface area contributed by atoms with E-state index in [0.717, 1.165) is 0 Å². The van der Waals surface area contributed by atoms with Crippen LogP contribution >= 0.6 is 15.9 Å². The fourth-order valence-corrected chi connectivity index (χ4v) is 1.98. The number of nitrogen functional groups attached to an aromatic ring is 1. The molecule has 0 radical (unpaired) electrons. The lowest BCUT2D eigenvalue weighted by atomic mass is 10.2. The van der Waals surface area contributed by atoms with Crippen LogP contribution in [-0.2, 0) is 9.47 Å². The first-order valence-corrected chi connectivity index (χ1v) is 6.89. The topological polar surface area (TPSA) is 77.6 Å². The molecule has 0 heterocycles.